The normalized spacial score (nSPS) is 13.8. The van der Waals surface area contributed by atoms with Crippen molar-refractivity contribution >= 4 is 35.6 Å². The van der Waals surface area contributed by atoms with E-state index in [0.29, 0.717) is 12.0 Å². The van der Waals surface area contributed by atoms with E-state index in [-0.39, 0.29) is 25.3 Å². The molecule has 1 aromatic rings. The SMILES string of the molecule is NC(N)=NCCC[C@H](N)C(=O)NC[C@@H](F)C(=O)N[C@@H](CC(=O)O)C(=O)N[C@@H](Cc1ccccc1)C(=O)O. The second-order valence-electron chi connectivity index (χ2n) is 8.02. The number of carboxylic acid groups (broad SMARTS) is 2. The molecule has 0 heterocycles. The van der Waals surface area contributed by atoms with Crippen LogP contribution in [-0.2, 0) is 30.4 Å². The summed E-state index contributed by atoms with van der Waals surface area (Å²) in [5.41, 5.74) is 16.6. The number of amides is 3. The Balaban J connectivity index is 2.68. The third-order valence-corrected chi connectivity index (χ3v) is 4.95. The van der Waals surface area contributed by atoms with Gasteiger partial charge in [0.15, 0.2) is 12.1 Å². The van der Waals surface area contributed by atoms with E-state index in [1.165, 1.54) is 0 Å². The zero-order valence-electron chi connectivity index (χ0n) is 19.9. The Hall–Kier alpha value is -4.27. The van der Waals surface area contributed by atoms with Crippen molar-refractivity contribution in [2.45, 2.75) is 50.0 Å². The van der Waals surface area contributed by atoms with Crippen LogP contribution in [-0.4, -0.2) is 83.2 Å². The van der Waals surface area contributed by atoms with Gasteiger partial charge in [-0.2, -0.15) is 0 Å². The molecule has 0 spiro atoms. The molecule has 3 amide bonds. The van der Waals surface area contributed by atoms with Crippen molar-refractivity contribution < 1.29 is 38.6 Å². The van der Waals surface area contributed by atoms with Gasteiger partial charge in [0.2, 0.25) is 11.8 Å². The van der Waals surface area contributed by atoms with Gasteiger partial charge in [-0.15, -0.1) is 0 Å². The van der Waals surface area contributed by atoms with Crippen LogP contribution in [0.1, 0.15) is 24.8 Å². The predicted molar refractivity (Wildman–Crippen MR) is 130 cm³/mol. The summed E-state index contributed by atoms with van der Waals surface area (Å²) in [5, 5.41) is 24.8. The average Bonchev–Trinajstić information content (AvgIpc) is 2.83. The van der Waals surface area contributed by atoms with Gasteiger partial charge in [0.05, 0.1) is 19.0 Å². The highest BCUT2D eigenvalue weighted by atomic mass is 19.1. The first-order chi connectivity index (χ1) is 17.4. The van der Waals surface area contributed by atoms with Gasteiger partial charge < -0.3 is 43.4 Å². The van der Waals surface area contributed by atoms with Gasteiger partial charge in [-0.3, -0.25) is 24.2 Å². The lowest BCUT2D eigenvalue weighted by Crippen LogP contribution is -2.55. The second kappa shape index (κ2) is 15.7. The first kappa shape index (κ1) is 30.8. The minimum Gasteiger partial charge on any atom is -0.481 e. The molecule has 0 aromatic heterocycles. The summed E-state index contributed by atoms with van der Waals surface area (Å²) >= 11 is 0. The van der Waals surface area contributed by atoms with Crippen molar-refractivity contribution in [3.8, 4) is 0 Å². The second-order valence-corrected chi connectivity index (χ2v) is 8.02. The molecule has 14 nitrogen and oxygen atoms in total. The number of alkyl halides is 1. The summed E-state index contributed by atoms with van der Waals surface area (Å²) in [7, 11) is 0. The molecule has 37 heavy (non-hydrogen) atoms. The van der Waals surface area contributed by atoms with E-state index in [1.54, 1.807) is 30.3 Å². The third-order valence-electron chi connectivity index (χ3n) is 4.95. The molecular formula is C22H32FN7O7. The number of rotatable bonds is 16. The molecule has 204 valence electrons. The highest BCUT2D eigenvalue weighted by Gasteiger charge is 2.31. The summed E-state index contributed by atoms with van der Waals surface area (Å²) in [6.45, 7) is -0.558. The number of aliphatic imine (C=N–C) groups is 1. The van der Waals surface area contributed by atoms with Crippen LogP contribution in [0.5, 0.6) is 0 Å². The molecule has 0 fully saturated rings. The van der Waals surface area contributed by atoms with E-state index < -0.39 is 66.9 Å². The van der Waals surface area contributed by atoms with Crippen LogP contribution in [0.2, 0.25) is 0 Å². The van der Waals surface area contributed by atoms with Gasteiger partial charge in [0.1, 0.15) is 12.1 Å². The predicted octanol–water partition coefficient (Wildman–Crippen LogP) is -2.41. The topological polar surface area (TPSA) is 252 Å². The maximum absolute atomic E-state index is 14.4. The number of nitrogens with two attached hydrogens (primary N) is 3. The molecule has 0 unspecified atom stereocenters. The molecule has 0 saturated carbocycles. The van der Waals surface area contributed by atoms with E-state index in [4.69, 9.17) is 22.3 Å². The molecule has 0 aliphatic heterocycles. The molecule has 4 atom stereocenters. The smallest absolute Gasteiger partial charge is 0.326 e. The summed E-state index contributed by atoms with van der Waals surface area (Å²) in [4.78, 5) is 63.3. The van der Waals surface area contributed by atoms with Crippen molar-refractivity contribution in [1.29, 1.82) is 0 Å². The van der Waals surface area contributed by atoms with Gasteiger partial charge in [0, 0.05) is 13.0 Å². The molecule has 0 radical (unpaired) electrons. The maximum Gasteiger partial charge on any atom is 0.326 e. The average molecular weight is 526 g/mol. The van der Waals surface area contributed by atoms with Gasteiger partial charge in [-0.05, 0) is 18.4 Å². The number of hydrogen-bond acceptors (Lipinski definition) is 7. The highest BCUT2D eigenvalue weighted by Crippen LogP contribution is 2.05. The van der Waals surface area contributed by atoms with E-state index in [2.05, 4.69) is 15.6 Å². The molecule has 11 N–H and O–H groups in total. The fourth-order valence-corrected chi connectivity index (χ4v) is 3.03. The standard InChI is InChI=1S/C22H32FN7O7/c23-13(11-28-19(34)14(24)7-4-8-27-22(25)26)18(33)29-15(10-17(31)32)20(35)30-16(21(36)37)9-12-5-2-1-3-6-12/h1-3,5-6,13-16H,4,7-11,24H2,(H,28,34)(H,29,33)(H,30,35)(H,31,32)(H,36,37)(H4,25,26,27)/t13-,14+,15+,16+/m1/s1. The number of carboxylic acids is 2. The van der Waals surface area contributed by atoms with Crippen LogP contribution in [0.4, 0.5) is 4.39 Å². The monoisotopic (exact) mass is 525 g/mol. The van der Waals surface area contributed by atoms with Crippen LogP contribution in [0.3, 0.4) is 0 Å². The first-order valence-corrected chi connectivity index (χ1v) is 11.2. The Morgan fingerprint density at radius 3 is 2.14 bits per heavy atom. The molecule has 0 bridgehead atoms. The van der Waals surface area contributed by atoms with E-state index in [9.17, 15) is 33.5 Å². The lowest BCUT2D eigenvalue weighted by atomic mass is 10.1. The van der Waals surface area contributed by atoms with Crippen molar-refractivity contribution in [1.82, 2.24) is 16.0 Å². The number of carbonyl (C=O) groups is 5. The Kier molecular flexibility index (Phi) is 13.0. The van der Waals surface area contributed by atoms with Gasteiger partial charge in [0.25, 0.3) is 5.91 Å². The summed E-state index contributed by atoms with van der Waals surface area (Å²) in [5.74, 6) is -6.25. The van der Waals surface area contributed by atoms with Crippen LogP contribution < -0.4 is 33.2 Å². The summed E-state index contributed by atoms with van der Waals surface area (Å²) < 4.78 is 14.4. The van der Waals surface area contributed by atoms with E-state index >= 15 is 0 Å². The molecule has 1 aromatic carbocycles. The molecule has 0 aliphatic carbocycles. The largest absolute Gasteiger partial charge is 0.481 e. The summed E-state index contributed by atoms with van der Waals surface area (Å²) in [6.07, 6.45) is -2.84. The third kappa shape index (κ3) is 12.3. The molecular weight excluding hydrogens is 493 g/mol. The number of nitrogens with one attached hydrogen (secondary N) is 3. The molecule has 1 rings (SSSR count). The lowest BCUT2D eigenvalue weighted by molar-refractivity contribution is -0.143. The lowest BCUT2D eigenvalue weighted by Gasteiger charge is -2.21. The Morgan fingerprint density at radius 2 is 1.57 bits per heavy atom. The number of aliphatic carboxylic acids is 2. The van der Waals surface area contributed by atoms with E-state index in [1.807, 2.05) is 5.32 Å². The fourth-order valence-electron chi connectivity index (χ4n) is 3.03. The quantitative estimate of drug-likeness (QED) is 0.0644. The Morgan fingerprint density at radius 1 is 0.946 bits per heavy atom. The molecule has 0 aliphatic rings. The number of benzene rings is 1. The number of halogens is 1. The van der Waals surface area contributed by atoms with Crippen LogP contribution >= 0.6 is 0 Å². The van der Waals surface area contributed by atoms with Crippen LogP contribution in [0.15, 0.2) is 35.3 Å². The molecule has 0 saturated heterocycles. The van der Waals surface area contributed by atoms with Crippen molar-refractivity contribution in [3.63, 3.8) is 0 Å². The molecule has 15 heteroatoms. The van der Waals surface area contributed by atoms with Crippen LogP contribution in [0.25, 0.3) is 0 Å². The number of hydrogen-bond donors (Lipinski definition) is 8. The highest BCUT2D eigenvalue weighted by molar-refractivity contribution is 5.94. The van der Waals surface area contributed by atoms with Gasteiger partial charge in [-0.1, -0.05) is 30.3 Å². The maximum atomic E-state index is 14.4. The van der Waals surface area contributed by atoms with Crippen LogP contribution in [0, 0.1) is 0 Å². The van der Waals surface area contributed by atoms with Gasteiger partial charge in [-0.25, -0.2) is 9.18 Å². The number of carbonyl (C=O) groups excluding carboxylic acids is 3. The van der Waals surface area contributed by atoms with E-state index in [0.717, 1.165) is 0 Å². The number of nitrogens with zero attached hydrogens (tertiary/aromatic N) is 1. The fraction of sp³-hybridized carbons (Fsp3) is 0.455. The minimum atomic E-state index is -2.35. The zero-order valence-corrected chi connectivity index (χ0v) is 19.9. The van der Waals surface area contributed by atoms with Crippen molar-refractivity contribution in [3.05, 3.63) is 35.9 Å². The Bertz CT molecular complexity index is 973. The first-order valence-electron chi connectivity index (χ1n) is 11.2. The number of guanidine groups is 1. The van der Waals surface area contributed by atoms with Crippen molar-refractivity contribution in [2.75, 3.05) is 13.1 Å². The summed E-state index contributed by atoms with van der Waals surface area (Å²) in [6, 6.07) is 4.10. The minimum absolute atomic E-state index is 0.111. The van der Waals surface area contributed by atoms with Gasteiger partial charge >= 0.3 is 11.9 Å². The zero-order chi connectivity index (χ0) is 28.0. The Labute approximate surface area is 211 Å². The van der Waals surface area contributed by atoms with Crippen molar-refractivity contribution in [2.24, 2.45) is 22.2 Å².